The minimum atomic E-state index is -1.13. The fourth-order valence-corrected chi connectivity index (χ4v) is 2.46. The van der Waals surface area contributed by atoms with Crippen molar-refractivity contribution in [3.63, 3.8) is 0 Å². The quantitative estimate of drug-likeness (QED) is 0.762. The number of carbonyl (C=O) groups is 1. The monoisotopic (exact) mass is 285 g/mol. The van der Waals surface area contributed by atoms with Crippen molar-refractivity contribution in [2.45, 2.75) is 51.6 Å². The molecule has 1 aromatic carbocycles. The van der Waals surface area contributed by atoms with Gasteiger partial charge in [-0.05, 0) is 31.1 Å². The highest BCUT2D eigenvalue weighted by Gasteiger charge is 2.27. The van der Waals surface area contributed by atoms with Crippen molar-refractivity contribution in [1.82, 2.24) is 0 Å². The maximum absolute atomic E-state index is 12.1. The largest absolute Gasteiger partial charge is 0.379 e. The second kappa shape index (κ2) is 7.89. The second-order valence-electron chi connectivity index (χ2n) is 5.43. The Balaban J connectivity index is 1.94. The highest BCUT2D eigenvalue weighted by atomic mass is 16.3. The Hall–Kier alpha value is -1.74. The number of hydrogen-bond donors (Lipinski definition) is 1. The van der Waals surface area contributed by atoms with Crippen LogP contribution < -0.4 is 0 Å². The number of fused-ring (bicyclic) bond motifs is 1. The number of ketones is 1. The van der Waals surface area contributed by atoms with Crippen LogP contribution in [-0.4, -0.2) is 22.7 Å². The maximum Gasteiger partial charge on any atom is 0.199 e. The summed E-state index contributed by atoms with van der Waals surface area (Å²) in [6.45, 7) is 2.21. The average molecular weight is 285 g/mol. The Kier molecular flexibility index (Phi) is 5.88. The average Bonchev–Trinajstić information content (AvgIpc) is 2.51. The van der Waals surface area contributed by atoms with Crippen molar-refractivity contribution in [2.24, 2.45) is 4.99 Å². The second-order valence-corrected chi connectivity index (χ2v) is 5.43. The van der Waals surface area contributed by atoms with Gasteiger partial charge in [-0.15, -0.1) is 0 Å². The molecule has 1 unspecified atom stereocenters. The summed E-state index contributed by atoms with van der Waals surface area (Å²) in [5.41, 5.74) is 1.60. The molecule has 1 atom stereocenters. The molecule has 1 aliphatic heterocycles. The van der Waals surface area contributed by atoms with Gasteiger partial charge < -0.3 is 5.11 Å². The fraction of sp³-hybridized carbons (Fsp3) is 0.444. The number of carbonyl (C=O) groups excluding carboxylic acids is 1. The molecule has 3 nitrogen and oxygen atoms in total. The minimum Gasteiger partial charge on any atom is -0.379 e. The van der Waals surface area contributed by atoms with Gasteiger partial charge in [0.1, 0.15) is 0 Å². The van der Waals surface area contributed by atoms with Crippen molar-refractivity contribution < 1.29 is 9.90 Å². The van der Waals surface area contributed by atoms with Crippen molar-refractivity contribution >= 4 is 17.2 Å². The molecule has 112 valence electrons. The molecule has 0 saturated carbocycles. The zero-order chi connectivity index (χ0) is 15.1. The maximum atomic E-state index is 12.1. The van der Waals surface area contributed by atoms with E-state index in [0.29, 0.717) is 17.0 Å². The van der Waals surface area contributed by atoms with Crippen molar-refractivity contribution in [2.75, 3.05) is 0 Å². The lowest BCUT2D eigenvalue weighted by atomic mass is 9.97. The Morgan fingerprint density at radius 3 is 2.76 bits per heavy atom. The van der Waals surface area contributed by atoms with E-state index in [1.54, 1.807) is 24.3 Å². The fourth-order valence-electron chi connectivity index (χ4n) is 2.46. The lowest BCUT2D eigenvalue weighted by molar-refractivity contribution is 0.0842. The van der Waals surface area contributed by atoms with Gasteiger partial charge in [-0.25, -0.2) is 4.99 Å². The first-order valence-electron chi connectivity index (χ1n) is 7.80. The van der Waals surface area contributed by atoms with Gasteiger partial charge in [0.25, 0.3) is 0 Å². The number of benzene rings is 1. The predicted molar refractivity (Wildman–Crippen MR) is 86.4 cm³/mol. The lowest BCUT2D eigenvalue weighted by Gasteiger charge is -2.17. The smallest absolute Gasteiger partial charge is 0.199 e. The molecule has 0 bridgehead atoms. The van der Waals surface area contributed by atoms with E-state index in [1.165, 1.54) is 25.7 Å². The third-order valence-electron chi connectivity index (χ3n) is 3.71. The van der Waals surface area contributed by atoms with Crippen molar-refractivity contribution in [1.29, 1.82) is 0 Å². The molecule has 0 saturated heterocycles. The topological polar surface area (TPSA) is 49.7 Å². The van der Waals surface area contributed by atoms with Crippen LogP contribution in [0.25, 0.3) is 0 Å². The van der Waals surface area contributed by atoms with Crippen LogP contribution in [0.4, 0.5) is 5.69 Å². The standard InChI is InChI=1S/C18H23NO2/c1-2-3-4-5-6-7-8-13-16-18(21)17(20)14-11-9-10-12-15(14)19-16/h8-13,18,21H,2-7H2,1H3. The molecule has 0 aliphatic carbocycles. The normalized spacial score (nSPS) is 17.9. The van der Waals surface area contributed by atoms with Gasteiger partial charge in [0.15, 0.2) is 11.9 Å². The number of para-hydroxylation sites is 1. The van der Waals surface area contributed by atoms with E-state index >= 15 is 0 Å². The molecule has 21 heavy (non-hydrogen) atoms. The van der Waals surface area contributed by atoms with Gasteiger partial charge in [-0.2, -0.15) is 0 Å². The van der Waals surface area contributed by atoms with Gasteiger partial charge in [-0.1, -0.05) is 50.8 Å². The zero-order valence-corrected chi connectivity index (χ0v) is 12.6. The summed E-state index contributed by atoms with van der Waals surface area (Å²) in [6, 6.07) is 7.15. The third-order valence-corrected chi connectivity index (χ3v) is 3.71. The Morgan fingerprint density at radius 1 is 1.19 bits per heavy atom. The van der Waals surface area contributed by atoms with Crippen LogP contribution in [0.1, 0.15) is 55.8 Å². The molecule has 1 heterocycles. The van der Waals surface area contributed by atoms with Crippen LogP contribution in [0.5, 0.6) is 0 Å². The Morgan fingerprint density at radius 2 is 1.95 bits per heavy atom. The van der Waals surface area contributed by atoms with Gasteiger partial charge in [0.05, 0.1) is 11.4 Å². The predicted octanol–water partition coefficient (Wildman–Crippen LogP) is 4.23. The number of allylic oxidation sites excluding steroid dienone is 1. The van der Waals surface area contributed by atoms with Crippen molar-refractivity contribution in [3.05, 3.63) is 42.0 Å². The first-order valence-corrected chi connectivity index (χ1v) is 7.80. The number of aliphatic hydroxyl groups is 1. The van der Waals surface area contributed by atoms with Crippen LogP contribution >= 0.6 is 0 Å². The summed E-state index contributed by atoms with van der Waals surface area (Å²) in [5.74, 6) is -0.261. The van der Waals surface area contributed by atoms with Crippen LogP contribution in [0.2, 0.25) is 0 Å². The van der Waals surface area contributed by atoms with E-state index in [0.717, 1.165) is 12.8 Å². The summed E-state index contributed by atoms with van der Waals surface area (Å²) in [5, 5.41) is 10.0. The molecule has 3 heteroatoms. The van der Waals surface area contributed by atoms with E-state index < -0.39 is 6.10 Å². The number of rotatable bonds is 7. The minimum absolute atomic E-state index is 0.261. The van der Waals surface area contributed by atoms with E-state index in [4.69, 9.17) is 0 Å². The summed E-state index contributed by atoms with van der Waals surface area (Å²) >= 11 is 0. The number of hydrogen-bond acceptors (Lipinski definition) is 3. The molecule has 1 aliphatic rings. The summed E-state index contributed by atoms with van der Waals surface area (Å²) < 4.78 is 0. The van der Waals surface area contributed by atoms with Gasteiger partial charge in [0.2, 0.25) is 0 Å². The van der Waals surface area contributed by atoms with Crippen LogP contribution in [0.15, 0.2) is 41.4 Å². The SMILES string of the molecule is CCCCCCCC=CC1=Nc2ccccc2C(=O)C1O. The highest BCUT2D eigenvalue weighted by Crippen LogP contribution is 2.26. The van der Waals surface area contributed by atoms with E-state index in [-0.39, 0.29) is 5.78 Å². The number of aliphatic imine (C=N–C) groups is 1. The molecular weight excluding hydrogens is 262 g/mol. The molecule has 0 radical (unpaired) electrons. The molecule has 0 amide bonds. The molecule has 1 aromatic rings. The summed E-state index contributed by atoms with van der Waals surface area (Å²) in [7, 11) is 0. The van der Waals surface area contributed by atoms with Crippen LogP contribution in [-0.2, 0) is 0 Å². The van der Waals surface area contributed by atoms with Crippen LogP contribution in [0, 0.1) is 0 Å². The third kappa shape index (κ3) is 4.11. The lowest BCUT2D eigenvalue weighted by Crippen LogP contribution is -2.31. The molecule has 0 fully saturated rings. The first-order chi connectivity index (χ1) is 10.2. The van der Waals surface area contributed by atoms with Gasteiger partial charge in [0, 0.05) is 5.56 Å². The molecule has 1 N–H and O–H groups in total. The van der Waals surface area contributed by atoms with Crippen molar-refractivity contribution in [3.8, 4) is 0 Å². The van der Waals surface area contributed by atoms with Gasteiger partial charge >= 0.3 is 0 Å². The zero-order valence-electron chi connectivity index (χ0n) is 12.6. The molecular formula is C18H23NO2. The van der Waals surface area contributed by atoms with Gasteiger partial charge in [-0.3, -0.25) is 4.79 Å². The highest BCUT2D eigenvalue weighted by molar-refractivity contribution is 6.23. The summed E-state index contributed by atoms with van der Waals surface area (Å²) in [6.07, 6.45) is 9.83. The Bertz CT molecular complexity index is 546. The first kappa shape index (κ1) is 15.6. The van der Waals surface area contributed by atoms with E-state index in [2.05, 4.69) is 11.9 Å². The molecule has 2 rings (SSSR count). The van der Waals surface area contributed by atoms with E-state index in [9.17, 15) is 9.90 Å². The number of Topliss-reactive ketones (excluding diaryl/α,β-unsaturated/α-hetero) is 1. The number of aliphatic hydroxyl groups excluding tert-OH is 1. The Labute approximate surface area is 126 Å². The number of nitrogens with zero attached hydrogens (tertiary/aromatic N) is 1. The summed E-state index contributed by atoms with van der Waals surface area (Å²) in [4.78, 5) is 16.5. The van der Waals surface area contributed by atoms with Crippen LogP contribution in [0.3, 0.4) is 0 Å². The molecule has 0 spiro atoms. The number of unbranched alkanes of at least 4 members (excludes halogenated alkanes) is 5. The van der Waals surface area contributed by atoms with E-state index in [1.807, 2.05) is 12.1 Å². The molecule has 0 aromatic heterocycles.